The maximum atomic E-state index is 6.34. The first-order valence-corrected chi connectivity index (χ1v) is 14.9. The molecule has 1 aliphatic heterocycles. The Balaban J connectivity index is 1.41. The van der Waals surface area contributed by atoms with E-state index in [2.05, 4.69) is 72.7 Å². The summed E-state index contributed by atoms with van der Waals surface area (Å²) in [5, 5.41) is 3.48. The number of nitrogens with one attached hydrogen (secondary N) is 1. The summed E-state index contributed by atoms with van der Waals surface area (Å²) in [4.78, 5) is 18.5. The lowest BCUT2D eigenvalue weighted by atomic mass is 10.00. The molecule has 4 aromatic rings. The quantitative estimate of drug-likeness (QED) is 0.206. The molecule has 0 aliphatic carbocycles. The minimum Gasteiger partial charge on any atom is -0.489 e. The third-order valence-electron chi connectivity index (χ3n) is 7.63. The Morgan fingerprint density at radius 3 is 2.76 bits per heavy atom. The fraction of sp³-hybridized carbons (Fsp3) is 0.382. The molecule has 2 aromatic carbocycles. The molecule has 0 bridgehead atoms. The molecule has 8 heteroatoms. The average Bonchev–Trinajstić information content (AvgIpc) is 3.13. The average molecular weight is 567 g/mol. The van der Waals surface area contributed by atoms with Gasteiger partial charge in [-0.15, -0.1) is 0 Å². The van der Waals surface area contributed by atoms with E-state index >= 15 is 0 Å². The Labute approximate surface area is 249 Å². The maximum Gasteiger partial charge on any atom is 0.172 e. The van der Waals surface area contributed by atoms with Crippen molar-refractivity contribution in [2.24, 2.45) is 5.92 Å². The van der Waals surface area contributed by atoms with Crippen LogP contribution in [0.1, 0.15) is 57.6 Å². The van der Waals surface area contributed by atoms with Crippen molar-refractivity contribution >= 4 is 34.0 Å². The monoisotopic (exact) mass is 566 g/mol. The zero-order valence-electron chi connectivity index (χ0n) is 25.6. The molecule has 0 saturated heterocycles. The van der Waals surface area contributed by atoms with Crippen molar-refractivity contribution in [2.75, 3.05) is 41.9 Å². The van der Waals surface area contributed by atoms with Gasteiger partial charge in [-0.05, 0) is 73.0 Å². The van der Waals surface area contributed by atoms with Gasteiger partial charge in [-0.1, -0.05) is 40.7 Å². The second-order valence-electron chi connectivity index (χ2n) is 11.5. The van der Waals surface area contributed by atoms with E-state index in [1.54, 1.807) is 6.33 Å². The van der Waals surface area contributed by atoms with Gasteiger partial charge < -0.3 is 24.6 Å². The summed E-state index contributed by atoms with van der Waals surface area (Å²) in [5.74, 6) is 4.67. The Kier molecular flexibility index (Phi) is 8.80. The lowest BCUT2D eigenvalue weighted by Gasteiger charge is -2.24. The second kappa shape index (κ2) is 12.7. The Morgan fingerprint density at radius 2 is 2.02 bits per heavy atom. The van der Waals surface area contributed by atoms with Crippen molar-refractivity contribution in [1.82, 2.24) is 15.0 Å². The topological polar surface area (TPSA) is 75.6 Å². The molecule has 1 unspecified atom stereocenters. The molecule has 42 heavy (non-hydrogen) atoms. The van der Waals surface area contributed by atoms with E-state index in [1.165, 1.54) is 5.56 Å². The molecule has 3 heterocycles. The minimum absolute atomic E-state index is 0.346. The van der Waals surface area contributed by atoms with Gasteiger partial charge in [-0.3, -0.25) is 0 Å². The zero-order valence-corrected chi connectivity index (χ0v) is 25.6. The van der Waals surface area contributed by atoms with Crippen LogP contribution in [0.5, 0.6) is 17.2 Å². The number of hydrogen-bond donors (Lipinski definition) is 1. The normalized spacial score (nSPS) is 14.7. The fourth-order valence-electron chi connectivity index (χ4n) is 5.26. The van der Waals surface area contributed by atoms with E-state index in [4.69, 9.17) is 14.5 Å². The summed E-state index contributed by atoms with van der Waals surface area (Å²) in [6.07, 6.45) is 5.61. The highest BCUT2D eigenvalue weighted by molar-refractivity contribution is 5.90. The van der Waals surface area contributed by atoms with Crippen molar-refractivity contribution in [1.29, 1.82) is 0 Å². The maximum absolute atomic E-state index is 6.34. The summed E-state index contributed by atoms with van der Waals surface area (Å²) in [5.41, 5.74) is 5.71. The molecule has 0 spiro atoms. The van der Waals surface area contributed by atoms with Gasteiger partial charge in [-0.25, -0.2) is 15.0 Å². The smallest absolute Gasteiger partial charge is 0.172 e. The molecule has 220 valence electrons. The van der Waals surface area contributed by atoms with Crippen LogP contribution in [0.25, 0.3) is 11.0 Å². The van der Waals surface area contributed by atoms with Crippen LogP contribution in [0.3, 0.4) is 0 Å². The van der Waals surface area contributed by atoms with Gasteiger partial charge in [0.15, 0.2) is 17.4 Å². The van der Waals surface area contributed by atoms with Gasteiger partial charge in [0.05, 0.1) is 12.1 Å². The van der Waals surface area contributed by atoms with Gasteiger partial charge in [0, 0.05) is 43.5 Å². The van der Waals surface area contributed by atoms with Crippen molar-refractivity contribution in [3.05, 3.63) is 72.7 Å². The Hall–Kier alpha value is -4.33. The van der Waals surface area contributed by atoms with Gasteiger partial charge in [0.2, 0.25) is 0 Å². The number of rotatable bonds is 10. The SMILES string of the molecule is C=CN(C)c1ccc(Oc2ccc(Nc3ncnc4cc5c(nc34)N(CCCC)CC(C)CO5)cc2C)cc1C(C)C. The number of fused-ring (bicyclic) bond motifs is 2. The number of ether oxygens (including phenoxy) is 2. The molecule has 1 aliphatic rings. The number of anilines is 4. The van der Waals surface area contributed by atoms with Crippen LogP contribution in [0.4, 0.5) is 23.0 Å². The lowest BCUT2D eigenvalue weighted by Crippen LogP contribution is -2.30. The predicted molar refractivity (Wildman–Crippen MR) is 173 cm³/mol. The highest BCUT2D eigenvalue weighted by atomic mass is 16.5. The van der Waals surface area contributed by atoms with Crippen molar-refractivity contribution in [2.45, 2.75) is 53.4 Å². The molecule has 5 rings (SSSR count). The number of aromatic nitrogens is 3. The molecule has 2 aromatic heterocycles. The summed E-state index contributed by atoms with van der Waals surface area (Å²) in [7, 11) is 2.01. The number of hydrogen-bond acceptors (Lipinski definition) is 8. The number of pyridine rings is 1. The second-order valence-corrected chi connectivity index (χ2v) is 11.5. The molecule has 8 nitrogen and oxygen atoms in total. The first kappa shape index (κ1) is 29.2. The van der Waals surface area contributed by atoms with E-state index in [0.29, 0.717) is 24.3 Å². The van der Waals surface area contributed by atoms with E-state index in [9.17, 15) is 0 Å². The number of aryl methyl sites for hydroxylation is 1. The molecule has 1 N–H and O–H groups in total. The zero-order chi connectivity index (χ0) is 29.8. The van der Waals surface area contributed by atoms with Crippen LogP contribution in [0.2, 0.25) is 0 Å². The number of nitrogens with zero attached hydrogens (tertiary/aromatic N) is 5. The van der Waals surface area contributed by atoms with Crippen LogP contribution < -0.4 is 24.6 Å². The molecule has 1 atom stereocenters. The lowest BCUT2D eigenvalue weighted by molar-refractivity contribution is 0.273. The molecular formula is C34H42N6O2. The Morgan fingerprint density at radius 1 is 1.19 bits per heavy atom. The molecule has 0 radical (unpaired) electrons. The number of benzene rings is 2. The first-order chi connectivity index (χ1) is 20.3. The minimum atomic E-state index is 0.346. The first-order valence-electron chi connectivity index (χ1n) is 14.9. The van der Waals surface area contributed by atoms with Crippen LogP contribution in [0.15, 0.2) is 61.6 Å². The molecule has 0 saturated carbocycles. The van der Waals surface area contributed by atoms with Crippen LogP contribution in [0, 0.1) is 12.8 Å². The summed E-state index contributed by atoms with van der Waals surface area (Å²) < 4.78 is 12.5. The highest BCUT2D eigenvalue weighted by Gasteiger charge is 2.24. The summed E-state index contributed by atoms with van der Waals surface area (Å²) in [6.45, 7) is 17.3. The fourth-order valence-corrected chi connectivity index (χ4v) is 5.26. The largest absolute Gasteiger partial charge is 0.489 e. The van der Waals surface area contributed by atoms with Crippen molar-refractivity contribution in [3.63, 3.8) is 0 Å². The molecule has 0 fully saturated rings. The van der Waals surface area contributed by atoms with Gasteiger partial charge in [0.1, 0.15) is 23.3 Å². The van der Waals surface area contributed by atoms with Gasteiger partial charge >= 0.3 is 0 Å². The number of unbranched alkanes of at least 4 members (excludes halogenated alkanes) is 1. The van der Waals surface area contributed by atoms with E-state index in [-0.39, 0.29) is 0 Å². The van der Waals surface area contributed by atoms with Gasteiger partial charge in [0.25, 0.3) is 0 Å². The molecular weight excluding hydrogens is 524 g/mol. The standard InChI is InChI=1S/C34H42N6O2/c1-8-10-15-40-19-23(5)20-41-31-18-28-32(38-34(31)40)33(36-21-35-28)37-25-11-14-30(24(6)16-25)42-26-12-13-29(39(7)9-2)27(17-26)22(3)4/h9,11-14,16-18,21-23H,2,8,10,15,19-20H2,1,3-7H3,(H,35,36,37). The van der Waals surface area contributed by atoms with Crippen molar-refractivity contribution < 1.29 is 9.47 Å². The van der Waals surface area contributed by atoms with Crippen LogP contribution in [-0.2, 0) is 0 Å². The van der Waals surface area contributed by atoms with E-state index in [0.717, 1.165) is 77.0 Å². The van der Waals surface area contributed by atoms with Crippen LogP contribution in [-0.4, -0.2) is 41.7 Å². The van der Waals surface area contributed by atoms with Crippen molar-refractivity contribution in [3.8, 4) is 17.2 Å². The van der Waals surface area contributed by atoms with E-state index < -0.39 is 0 Å². The Bertz CT molecular complexity index is 1570. The summed E-state index contributed by atoms with van der Waals surface area (Å²) in [6, 6.07) is 14.2. The predicted octanol–water partition coefficient (Wildman–Crippen LogP) is 8.21. The molecule has 0 amide bonds. The third-order valence-corrected chi connectivity index (χ3v) is 7.63. The summed E-state index contributed by atoms with van der Waals surface area (Å²) >= 11 is 0. The van der Waals surface area contributed by atoms with Gasteiger partial charge in [-0.2, -0.15) is 0 Å². The third kappa shape index (κ3) is 6.27. The van der Waals surface area contributed by atoms with Crippen LogP contribution >= 0.6 is 0 Å². The van der Waals surface area contributed by atoms with E-state index in [1.807, 2.05) is 49.3 Å². The highest BCUT2D eigenvalue weighted by Crippen LogP contribution is 2.37.